The highest BCUT2D eigenvalue weighted by Gasteiger charge is 2.40. The lowest BCUT2D eigenvalue weighted by molar-refractivity contribution is -0.393. The second-order valence-electron chi connectivity index (χ2n) is 14.7. The number of primary amides is 1. The number of hydrogen-bond donors (Lipinski definition) is 15. The number of guanidine groups is 3. The van der Waals surface area contributed by atoms with Crippen molar-refractivity contribution in [1.29, 1.82) is 0 Å². The van der Waals surface area contributed by atoms with Gasteiger partial charge in [0.1, 0.15) is 17.8 Å². The number of benzene rings is 3. The molecule has 6 amide bonds. The molecule has 0 aliphatic heterocycles. The first-order chi connectivity index (χ1) is 34.7. The molecule has 0 saturated heterocycles. The summed E-state index contributed by atoms with van der Waals surface area (Å²) >= 11 is 0. The summed E-state index contributed by atoms with van der Waals surface area (Å²) < 4.78 is 0. The van der Waals surface area contributed by atoms with Crippen LogP contribution in [0.3, 0.4) is 0 Å². The number of rotatable bonds is 25. The first kappa shape index (κ1) is 57.5. The highest BCUT2D eigenvalue weighted by Crippen LogP contribution is 2.39. The number of anilines is 1. The third-order valence-electron chi connectivity index (χ3n) is 9.36. The van der Waals surface area contributed by atoms with E-state index in [1.54, 1.807) is 0 Å². The molecular formula is C38H47N21O15. The molecule has 0 heterocycles. The van der Waals surface area contributed by atoms with E-state index >= 15 is 0 Å². The SMILES string of the molecule is CC(N)=NC(NC(=O)C(N=C(N)N)NC(=O)C(N=C(N)N)NC(=O)C(NC(=O)C(CO)N(Cc1ccccc1[N+](=O)[O-])c1c(C(=O)O)cc([N+](=O)[O-])cc1[N+](=O)[O-])c1ccccc1)C(=O)NC(N=C(N)N)C(N)=O. The van der Waals surface area contributed by atoms with Crippen LogP contribution in [-0.2, 0) is 35.3 Å². The molecule has 6 unspecified atom stereocenters. The minimum atomic E-state index is -2.30. The van der Waals surface area contributed by atoms with Gasteiger partial charge in [-0.2, -0.15) is 0 Å². The number of nitro benzene ring substituents is 3. The van der Waals surface area contributed by atoms with E-state index in [9.17, 15) is 74.1 Å². The van der Waals surface area contributed by atoms with E-state index in [1.807, 2.05) is 16.0 Å². The zero-order chi connectivity index (χ0) is 55.7. The number of carbonyl (C=O) groups excluding carboxylic acids is 6. The monoisotopic (exact) mass is 1040 g/mol. The van der Waals surface area contributed by atoms with Crippen LogP contribution in [0.15, 0.2) is 86.7 Å². The number of aromatic carboxylic acids is 1. The number of aliphatic hydroxyl groups excluding tert-OH is 1. The Morgan fingerprint density at radius 3 is 1.50 bits per heavy atom. The van der Waals surface area contributed by atoms with Crippen LogP contribution >= 0.6 is 0 Å². The van der Waals surface area contributed by atoms with Crippen molar-refractivity contribution in [2.24, 2.45) is 65.8 Å². The number of amidine groups is 1. The Balaban J connectivity index is 2.15. The Morgan fingerprint density at radius 1 is 0.595 bits per heavy atom. The summed E-state index contributed by atoms with van der Waals surface area (Å²) in [6.07, 6.45) is -8.50. The first-order valence-corrected chi connectivity index (χ1v) is 20.4. The van der Waals surface area contributed by atoms with E-state index in [2.05, 4.69) is 30.6 Å². The summed E-state index contributed by atoms with van der Waals surface area (Å²) in [5, 5.41) is 67.8. The number of carboxylic acid groups (broad SMARTS) is 1. The number of para-hydroxylation sites is 1. The molecule has 0 spiro atoms. The minimum absolute atomic E-state index is 0.118. The number of nitrogens with two attached hydrogens (primary N) is 8. The van der Waals surface area contributed by atoms with Gasteiger partial charge in [0, 0.05) is 17.7 Å². The Bertz CT molecular complexity index is 2770. The lowest BCUT2D eigenvalue weighted by atomic mass is 10.0. The number of hydrogen-bond acceptors (Lipinski definition) is 19. The van der Waals surface area contributed by atoms with Crippen molar-refractivity contribution >= 4 is 87.9 Å². The molecule has 3 aromatic rings. The van der Waals surface area contributed by atoms with E-state index in [1.165, 1.54) is 49.4 Å². The van der Waals surface area contributed by atoms with E-state index in [0.29, 0.717) is 17.0 Å². The zero-order valence-corrected chi connectivity index (χ0v) is 38.1. The minimum Gasteiger partial charge on any atom is -0.478 e. The fourth-order valence-electron chi connectivity index (χ4n) is 6.32. The number of nitrogens with one attached hydrogen (secondary N) is 5. The van der Waals surface area contributed by atoms with Gasteiger partial charge >= 0.3 is 5.97 Å². The van der Waals surface area contributed by atoms with Gasteiger partial charge in [-0.3, -0.25) is 59.1 Å². The Labute approximate surface area is 413 Å². The average molecular weight is 1040 g/mol. The van der Waals surface area contributed by atoms with Gasteiger partial charge in [-0.25, -0.2) is 24.8 Å². The standard InChI is InChI=1S/C38H47N21O15/c1-15(39)47-27(32(64)49-26(25(40)61)53-36(41)42)51-34(66)29(55-38(45)46)52-33(65)28(54-37(43)44)50-31(63)23(16-7-3-2-4-8-16)48-30(62)22(14-60)56(13-17-9-5-6-10-20(17)58(71)72)24-19(35(67)68)11-18(57(69)70)12-21(24)59(73)74/h2-12,22-23,26-29,60H,13-14H2,1H3,(H2,39,47)(H2,40,61)(H,48,62)(H,49,64)(H,50,63)(H,51,66)(H,52,65)(H,67,68)(H4,41,42,53)(H4,43,44,54)(H4,45,46,55). The largest absolute Gasteiger partial charge is 0.478 e. The van der Waals surface area contributed by atoms with E-state index in [4.69, 9.17) is 45.9 Å². The second kappa shape index (κ2) is 25.7. The molecular weight excluding hydrogens is 991 g/mol. The maximum absolute atomic E-state index is 14.5. The Hall–Kier alpha value is -10.8. The maximum Gasteiger partial charge on any atom is 0.338 e. The molecule has 0 bridgehead atoms. The van der Waals surface area contributed by atoms with Crippen molar-refractivity contribution in [1.82, 2.24) is 26.6 Å². The van der Waals surface area contributed by atoms with Crippen LogP contribution in [0.25, 0.3) is 0 Å². The number of nitro groups is 3. The number of carboxylic acids is 1. The van der Waals surface area contributed by atoms with Gasteiger partial charge in [0.05, 0.1) is 45.4 Å². The van der Waals surface area contributed by atoms with E-state index in [-0.39, 0.29) is 17.0 Å². The smallest absolute Gasteiger partial charge is 0.338 e. The fraction of sp³-hybridized carbons (Fsp3) is 0.237. The van der Waals surface area contributed by atoms with E-state index in [0.717, 1.165) is 12.1 Å². The highest BCUT2D eigenvalue weighted by atomic mass is 16.6. The van der Waals surface area contributed by atoms with Gasteiger partial charge in [0.25, 0.3) is 40.7 Å². The van der Waals surface area contributed by atoms with Gasteiger partial charge in [0.2, 0.25) is 36.5 Å². The van der Waals surface area contributed by atoms with Crippen molar-refractivity contribution < 1.29 is 58.5 Å². The van der Waals surface area contributed by atoms with Crippen LogP contribution in [0.1, 0.15) is 34.5 Å². The van der Waals surface area contributed by atoms with Crippen LogP contribution in [0.5, 0.6) is 0 Å². The lowest BCUT2D eigenvalue weighted by Crippen LogP contribution is -2.58. The van der Waals surface area contributed by atoms with Crippen molar-refractivity contribution in [3.63, 3.8) is 0 Å². The molecule has 0 aliphatic rings. The predicted molar refractivity (Wildman–Crippen MR) is 256 cm³/mol. The predicted octanol–water partition coefficient (Wildman–Crippen LogP) is -6.21. The average Bonchev–Trinajstić information content (AvgIpc) is 3.31. The molecule has 0 radical (unpaired) electrons. The van der Waals surface area contributed by atoms with Crippen LogP contribution in [0.2, 0.25) is 0 Å². The number of nitrogens with zero attached hydrogens (tertiary/aromatic N) is 8. The number of amides is 6. The van der Waals surface area contributed by atoms with Crippen LogP contribution < -0.4 is 77.4 Å². The summed E-state index contributed by atoms with van der Waals surface area (Å²) in [6.45, 7) is -1.21. The molecule has 36 nitrogen and oxygen atoms in total. The number of aliphatic hydroxyl groups is 1. The van der Waals surface area contributed by atoms with Crippen molar-refractivity contribution in [3.05, 3.63) is 114 Å². The molecule has 0 aliphatic carbocycles. The third-order valence-corrected chi connectivity index (χ3v) is 9.36. The number of aliphatic imine (C=N–C) groups is 4. The van der Waals surface area contributed by atoms with Crippen molar-refractivity contribution in [2.75, 3.05) is 11.5 Å². The summed E-state index contributed by atoms with van der Waals surface area (Å²) in [4.78, 5) is 142. The number of carbonyl (C=O) groups is 7. The van der Waals surface area contributed by atoms with Crippen molar-refractivity contribution in [2.45, 2.75) is 50.2 Å². The van der Waals surface area contributed by atoms with Crippen LogP contribution in [-0.4, -0.2) is 127 Å². The quantitative estimate of drug-likeness (QED) is 0.0162. The highest BCUT2D eigenvalue weighted by molar-refractivity contribution is 6.02. The van der Waals surface area contributed by atoms with Crippen LogP contribution in [0.4, 0.5) is 22.7 Å². The first-order valence-electron chi connectivity index (χ1n) is 20.4. The number of non-ortho nitro benzene ring substituents is 1. The third kappa shape index (κ3) is 15.9. The van der Waals surface area contributed by atoms with E-state index < -0.39 is 152 Å². The lowest BCUT2D eigenvalue weighted by Gasteiger charge is -2.33. The topological polar surface area (TPSA) is 610 Å². The van der Waals surface area contributed by atoms with Gasteiger partial charge in [-0.05, 0) is 12.5 Å². The zero-order valence-electron chi connectivity index (χ0n) is 38.1. The van der Waals surface area contributed by atoms with Crippen molar-refractivity contribution in [3.8, 4) is 0 Å². The summed E-state index contributed by atoms with van der Waals surface area (Å²) in [7, 11) is 0. The van der Waals surface area contributed by atoms with Gasteiger partial charge in [-0.1, -0.05) is 48.5 Å². The molecule has 0 saturated carbocycles. The maximum atomic E-state index is 14.5. The summed E-state index contributed by atoms with van der Waals surface area (Å²) in [5.41, 5.74) is 37.8. The summed E-state index contributed by atoms with van der Waals surface area (Å²) in [5.74, 6) is -13.2. The summed E-state index contributed by atoms with van der Waals surface area (Å²) in [6, 6.07) is 7.78. The van der Waals surface area contributed by atoms with Gasteiger partial charge in [-0.15, -0.1) is 0 Å². The molecule has 394 valence electrons. The molecule has 6 atom stereocenters. The second-order valence-corrected chi connectivity index (χ2v) is 14.7. The molecule has 23 N–H and O–H groups in total. The molecule has 3 rings (SSSR count). The normalized spacial score (nSPS) is 13.2. The van der Waals surface area contributed by atoms with Gasteiger partial charge in [0.15, 0.2) is 17.9 Å². The molecule has 36 heteroatoms. The molecule has 3 aromatic carbocycles. The van der Waals surface area contributed by atoms with Gasteiger partial charge < -0.3 is 87.6 Å². The molecule has 0 aromatic heterocycles. The molecule has 0 fully saturated rings. The molecule has 74 heavy (non-hydrogen) atoms. The fourth-order valence-corrected chi connectivity index (χ4v) is 6.32. The Morgan fingerprint density at radius 2 is 1.05 bits per heavy atom. The Kier molecular flexibility index (Phi) is 20.0. The van der Waals surface area contributed by atoms with Crippen LogP contribution in [0, 0.1) is 30.3 Å².